The highest BCUT2D eigenvalue weighted by Gasteiger charge is 2.16. The third kappa shape index (κ3) is 5.44. The number of rotatable bonds is 8. The van der Waals surface area contributed by atoms with Gasteiger partial charge >= 0.3 is 0 Å². The van der Waals surface area contributed by atoms with Gasteiger partial charge in [-0.3, -0.25) is 14.7 Å². The molecule has 1 aliphatic rings. The summed E-state index contributed by atoms with van der Waals surface area (Å²) in [5.74, 6) is 1.46. The van der Waals surface area contributed by atoms with Gasteiger partial charge in [-0.1, -0.05) is 42.1 Å². The summed E-state index contributed by atoms with van der Waals surface area (Å²) < 4.78 is 10.7. The van der Waals surface area contributed by atoms with Crippen LogP contribution in [0.4, 0.5) is 5.69 Å². The molecule has 5 rings (SSSR count). The first kappa shape index (κ1) is 22.5. The van der Waals surface area contributed by atoms with Crippen molar-refractivity contribution >= 4 is 29.3 Å². The van der Waals surface area contributed by atoms with Crippen molar-refractivity contribution in [2.24, 2.45) is 0 Å². The number of hydrogen-bond donors (Lipinski definition) is 3. The summed E-state index contributed by atoms with van der Waals surface area (Å²) in [5.41, 5.74) is 3.23. The number of amides is 2. The maximum Gasteiger partial charge on any atom is 0.255 e. The first-order chi connectivity index (χ1) is 17.2. The Morgan fingerprint density at radius 2 is 1.74 bits per heavy atom. The van der Waals surface area contributed by atoms with E-state index in [0.29, 0.717) is 40.6 Å². The van der Waals surface area contributed by atoms with Crippen LogP contribution >= 0.6 is 11.8 Å². The molecule has 0 unspecified atom stereocenters. The molecule has 0 saturated carbocycles. The van der Waals surface area contributed by atoms with E-state index in [9.17, 15) is 9.59 Å². The van der Waals surface area contributed by atoms with Gasteiger partial charge in [-0.25, -0.2) is 4.98 Å². The molecule has 0 radical (unpaired) electrons. The lowest BCUT2D eigenvalue weighted by atomic mass is 10.1. The van der Waals surface area contributed by atoms with Crippen LogP contribution in [0.25, 0.3) is 0 Å². The largest absolute Gasteiger partial charge is 0.454 e. The van der Waals surface area contributed by atoms with Crippen molar-refractivity contribution in [1.29, 1.82) is 0 Å². The molecule has 35 heavy (non-hydrogen) atoms. The number of hydrogen-bond acceptors (Lipinski definition) is 7. The molecule has 0 fully saturated rings. The molecule has 3 aromatic carbocycles. The zero-order chi connectivity index (χ0) is 24.0. The molecule has 1 aliphatic heterocycles. The summed E-state index contributed by atoms with van der Waals surface area (Å²) in [6.45, 7) is 0.508. The molecule has 0 atom stereocenters. The van der Waals surface area contributed by atoms with E-state index in [1.807, 2.05) is 30.3 Å². The van der Waals surface area contributed by atoms with Crippen molar-refractivity contribution in [3.05, 3.63) is 95.3 Å². The van der Waals surface area contributed by atoms with Gasteiger partial charge in [-0.15, -0.1) is 0 Å². The highest BCUT2D eigenvalue weighted by molar-refractivity contribution is 7.98. The van der Waals surface area contributed by atoms with Crippen LogP contribution < -0.4 is 20.1 Å². The molecule has 3 N–H and O–H groups in total. The number of aromatic nitrogens is 3. The van der Waals surface area contributed by atoms with Gasteiger partial charge in [0.1, 0.15) is 6.33 Å². The second kappa shape index (κ2) is 10.3. The lowest BCUT2D eigenvalue weighted by molar-refractivity contribution is 0.0951. The minimum Gasteiger partial charge on any atom is -0.454 e. The highest BCUT2D eigenvalue weighted by atomic mass is 32.2. The molecular weight excluding hydrogens is 466 g/mol. The average Bonchev–Trinajstić information content (AvgIpc) is 3.58. The third-order valence-corrected chi connectivity index (χ3v) is 6.24. The molecule has 2 heterocycles. The van der Waals surface area contributed by atoms with Crippen molar-refractivity contribution in [1.82, 2.24) is 20.5 Å². The van der Waals surface area contributed by atoms with Gasteiger partial charge < -0.3 is 20.1 Å². The molecule has 0 aliphatic carbocycles. The lowest BCUT2D eigenvalue weighted by Gasteiger charge is -2.12. The molecule has 9 nitrogen and oxygen atoms in total. The van der Waals surface area contributed by atoms with E-state index in [1.165, 1.54) is 18.1 Å². The molecule has 0 bridgehead atoms. The number of fused-ring (bicyclic) bond motifs is 1. The van der Waals surface area contributed by atoms with Crippen molar-refractivity contribution < 1.29 is 19.1 Å². The van der Waals surface area contributed by atoms with Crippen molar-refractivity contribution in [3.8, 4) is 11.5 Å². The number of nitrogens with one attached hydrogen (secondary N) is 3. The Morgan fingerprint density at radius 1 is 0.943 bits per heavy atom. The van der Waals surface area contributed by atoms with E-state index >= 15 is 0 Å². The number of H-pyrrole nitrogens is 1. The number of carbonyl (C=O) groups excluding carboxylic acids is 2. The van der Waals surface area contributed by atoms with Crippen LogP contribution in [0.1, 0.15) is 31.8 Å². The predicted octanol–water partition coefficient (Wildman–Crippen LogP) is 4.01. The monoisotopic (exact) mass is 487 g/mol. The Hall–Kier alpha value is -4.31. The molecule has 176 valence electrons. The number of aromatic amines is 1. The van der Waals surface area contributed by atoms with E-state index in [-0.39, 0.29) is 18.6 Å². The van der Waals surface area contributed by atoms with Crippen LogP contribution in [-0.4, -0.2) is 33.8 Å². The van der Waals surface area contributed by atoms with Crippen LogP contribution in [0.5, 0.6) is 11.5 Å². The smallest absolute Gasteiger partial charge is 0.255 e. The number of ether oxygens (including phenoxy) is 2. The summed E-state index contributed by atoms with van der Waals surface area (Å²) in [6.07, 6.45) is 1.46. The average molecular weight is 488 g/mol. The molecule has 0 spiro atoms. The van der Waals surface area contributed by atoms with Crippen molar-refractivity contribution in [3.63, 3.8) is 0 Å². The normalized spacial score (nSPS) is 11.8. The van der Waals surface area contributed by atoms with Crippen LogP contribution in [0.2, 0.25) is 0 Å². The molecule has 10 heteroatoms. The summed E-state index contributed by atoms with van der Waals surface area (Å²) >= 11 is 1.52. The first-order valence-electron chi connectivity index (χ1n) is 10.8. The summed E-state index contributed by atoms with van der Waals surface area (Å²) in [5, 5.41) is 13.1. The molecule has 1 aromatic heterocycles. The maximum absolute atomic E-state index is 12.9. The third-order valence-electron chi connectivity index (χ3n) is 5.29. The van der Waals surface area contributed by atoms with Gasteiger partial charge in [0.05, 0.1) is 11.3 Å². The van der Waals surface area contributed by atoms with Gasteiger partial charge in [0.25, 0.3) is 11.8 Å². The van der Waals surface area contributed by atoms with Crippen molar-refractivity contribution in [2.75, 3.05) is 12.1 Å². The van der Waals surface area contributed by atoms with Gasteiger partial charge in [-0.05, 0) is 47.5 Å². The molecule has 2 amide bonds. The quantitative estimate of drug-likeness (QED) is 0.321. The van der Waals surface area contributed by atoms with Crippen molar-refractivity contribution in [2.45, 2.75) is 17.5 Å². The maximum atomic E-state index is 12.9. The fourth-order valence-electron chi connectivity index (χ4n) is 3.48. The standard InChI is InChI=1S/C25H21N5O4S/c31-23(18-8-5-16(6-9-18)13-35-25-27-14-28-30-25)29-20-4-2-1-3-19(20)24(32)26-12-17-7-10-21-22(11-17)34-15-33-21/h1-11,14H,12-13,15H2,(H,26,32)(H,29,31)(H,27,28,30). The van der Waals surface area contributed by atoms with Crippen LogP contribution in [0, 0.1) is 0 Å². The van der Waals surface area contributed by atoms with E-state index in [2.05, 4.69) is 25.8 Å². The minimum absolute atomic E-state index is 0.197. The molecular formula is C25H21N5O4S. The van der Waals surface area contributed by atoms with Crippen LogP contribution in [0.3, 0.4) is 0 Å². The highest BCUT2D eigenvalue weighted by Crippen LogP contribution is 2.32. The van der Waals surface area contributed by atoms with E-state index in [0.717, 1.165) is 16.3 Å². The van der Waals surface area contributed by atoms with E-state index in [4.69, 9.17) is 9.47 Å². The minimum atomic E-state index is -0.296. The Balaban J connectivity index is 1.20. The number of thioether (sulfide) groups is 1. The number of anilines is 1. The van der Waals surface area contributed by atoms with Gasteiger partial charge in [0.2, 0.25) is 6.79 Å². The number of benzene rings is 3. The van der Waals surface area contributed by atoms with E-state index in [1.54, 1.807) is 36.4 Å². The Labute approximate surface area is 205 Å². The second-order valence-corrected chi connectivity index (χ2v) is 8.61. The van der Waals surface area contributed by atoms with Gasteiger partial charge in [0, 0.05) is 17.9 Å². The zero-order valence-electron chi connectivity index (χ0n) is 18.5. The summed E-state index contributed by atoms with van der Waals surface area (Å²) in [4.78, 5) is 29.8. The fraction of sp³-hybridized carbons (Fsp3) is 0.120. The van der Waals surface area contributed by atoms with Gasteiger partial charge in [0.15, 0.2) is 16.7 Å². The van der Waals surface area contributed by atoms with Gasteiger partial charge in [-0.2, -0.15) is 5.10 Å². The number of nitrogens with zero attached hydrogens (tertiary/aromatic N) is 2. The molecule has 0 saturated heterocycles. The molecule has 4 aromatic rings. The zero-order valence-corrected chi connectivity index (χ0v) is 19.3. The topological polar surface area (TPSA) is 118 Å². The number of carbonyl (C=O) groups is 2. The second-order valence-electron chi connectivity index (χ2n) is 7.65. The predicted molar refractivity (Wildman–Crippen MR) is 131 cm³/mol. The Bertz CT molecular complexity index is 1340. The Kier molecular flexibility index (Phi) is 6.62. The van der Waals surface area contributed by atoms with E-state index < -0.39 is 0 Å². The Morgan fingerprint density at radius 3 is 2.57 bits per heavy atom. The SMILES string of the molecule is O=C(Nc1ccccc1C(=O)NCc1ccc2c(c1)OCO2)c1ccc(CSc2ncn[nH]2)cc1. The van der Waals surface area contributed by atoms with Crippen LogP contribution in [-0.2, 0) is 12.3 Å². The fourth-order valence-corrected chi connectivity index (χ4v) is 4.22. The summed E-state index contributed by atoms with van der Waals surface area (Å²) in [7, 11) is 0. The summed E-state index contributed by atoms with van der Waals surface area (Å²) in [6, 6.07) is 19.7. The number of para-hydroxylation sites is 1. The lowest BCUT2D eigenvalue weighted by Crippen LogP contribution is -2.24. The van der Waals surface area contributed by atoms with Crippen LogP contribution in [0.15, 0.2) is 78.2 Å². The first-order valence-corrected chi connectivity index (χ1v) is 11.8.